The molecular weight excluding hydrogens is 208 g/mol. The highest BCUT2D eigenvalue weighted by atomic mass is 16.5. The van der Waals surface area contributed by atoms with Gasteiger partial charge in [0.25, 0.3) is 0 Å². The average Bonchev–Trinajstić information content (AvgIpc) is 2.60. The summed E-state index contributed by atoms with van der Waals surface area (Å²) in [4.78, 5) is 13.3. The molecule has 3 atom stereocenters. The number of urea groups is 1. The summed E-state index contributed by atoms with van der Waals surface area (Å²) in [6.45, 7) is 4.96. The number of nitrogens with zero attached hydrogens (tertiary/aromatic N) is 1. The lowest BCUT2D eigenvalue weighted by Crippen LogP contribution is -2.46. The molecule has 16 heavy (non-hydrogen) atoms. The van der Waals surface area contributed by atoms with Crippen LogP contribution in [-0.2, 0) is 4.74 Å². The summed E-state index contributed by atoms with van der Waals surface area (Å²) in [6.07, 6.45) is 1.19. The lowest BCUT2D eigenvalue weighted by atomic mass is 10.2. The van der Waals surface area contributed by atoms with Crippen LogP contribution in [0.3, 0.4) is 0 Å². The molecular formula is C11H22N2O3. The molecule has 5 heteroatoms. The van der Waals surface area contributed by atoms with Gasteiger partial charge in [0.2, 0.25) is 0 Å². The average molecular weight is 230 g/mol. The van der Waals surface area contributed by atoms with Crippen LogP contribution in [0, 0.1) is 0 Å². The Morgan fingerprint density at radius 1 is 1.69 bits per heavy atom. The van der Waals surface area contributed by atoms with Gasteiger partial charge in [-0.15, -0.1) is 0 Å². The Hall–Kier alpha value is -0.810. The minimum absolute atomic E-state index is 0.0918. The number of carbonyl (C=O) groups excluding carboxylic acids is 1. The first kappa shape index (κ1) is 13.3. The Kier molecular flexibility index (Phi) is 5.02. The van der Waals surface area contributed by atoms with E-state index in [0.717, 1.165) is 6.42 Å². The standard InChI is InChI=1S/C11H22N2O3/c1-8(14)4-6-13(3)11(15)12-10-5-7-16-9(10)2/h8-10,14H,4-7H2,1-3H3,(H,12,15). The predicted octanol–water partition coefficient (Wildman–Crippen LogP) is 0.576. The lowest BCUT2D eigenvalue weighted by Gasteiger charge is -2.22. The van der Waals surface area contributed by atoms with Crippen LogP contribution in [0.15, 0.2) is 0 Å². The molecule has 0 saturated carbocycles. The molecule has 0 bridgehead atoms. The fraction of sp³-hybridized carbons (Fsp3) is 0.909. The van der Waals surface area contributed by atoms with Gasteiger partial charge in [-0.2, -0.15) is 0 Å². The van der Waals surface area contributed by atoms with Gasteiger partial charge >= 0.3 is 6.03 Å². The third-order valence-electron chi connectivity index (χ3n) is 2.91. The van der Waals surface area contributed by atoms with E-state index >= 15 is 0 Å². The quantitative estimate of drug-likeness (QED) is 0.742. The van der Waals surface area contributed by atoms with Gasteiger partial charge in [0.1, 0.15) is 0 Å². The summed E-state index contributed by atoms with van der Waals surface area (Å²) in [5, 5.41) is 12.1. The van der Waals surface area contributed by atoms with E-state index < -0.39 is 0 Å². The second-order valence-electron chi connectivity index (χ2n) is 4.48. The minimum atomic E-state index is -0.371. The number of nitrogens with one attached hydrogen (secondary N) is 1. The monoisotopic (exact) mass is 230 g/mol. The highest BCUT2D eigenvalue weighted by Crippen LogP contribution is 2.12. The molecule has 1 rings (SSSR count). The van der Waals surface area contributed by atoms with E-state index in [9.17, 15) is 4.79 Å². The zero-order valence-electron chi connectivity index (χ0n) is 10.3. The molecule has 0 aromatic carbocycles. The first-order valence-corrected chi connectivity index (χ1v) is 5.82. The number of aliphatic hydroxyl groups excluding tert-OH is 1. The van der Waals surface area contributed by atoms with Crippen LogP contribution in [0.5, 0.6) is 0 Å². The van der Waals surface area contributed by atoms with E-state index in [4.69, 9.17) is 9.84 Å². The fourth-order valence-electron chi connectivity index (χ4n) is 1.67. The van der Waals surface area contributed by atoms with Gasteiger partial charge < -0.3 is 20.1 Å². The number of hydrogen-bond acceptors (Lipinski definition) is 3. The summed E-state index contributed by atoms with van der Waals surface area (Å²) in [6, 6.07) is 0.0181. The molecule has 0 aliphatic carbocycles. The van der Waals surface area contributed by atoms with Crippen molar-refractivity contribution in [2.75, 3.05) is 20.2 Å². The van der Waals surface area contributed by atoms with Gasteiger partial charge in [-0.1, -0.05) is 0 Å². The Bertz CT molecular complexity index is 233. The second-order valence-corrected chi connectivity index (χ2v) is 4.48. The van der Waals surface area contributed by atoms with Gasteiger partial charge in [0, 0.05) is 20.2 Å². The van der Waals surface area contributed by atoms with Crippen molar-refractivity contribution in [3.05, 3.63) is 0 Å². The van der Waals surface area contributed by atoms with Crippen molar-refractivity contribution in [1.82, 2.24) is 10.2 Å². The second kappa shape index (κ2) is 6.06. The molecule has 5 nitrogen and oxygen atoms in total. The zero-order chi connectivity index (χ0) is 12.1. The number of amides is 2. The number of aliphatic hydroxyl groups is 1. The van der Waals surface area contributed by atoms with E-state index in [1.807, 2.05) is 6.92 Å². The van der Waals surface area contributed by atoms with Crippen molar-refractivity contribution in [2.45, 2.75) is 44.9 Å². The van der Waals surface area contributed by atoms with Gasteiger partial charge in [0.05, 0.1) is 18.2 Å². The minimum Gasteiger partial charge on any atom is -0.393 e. The van der Waals surface area contributed by atoms with Crippen molar-refractivity contribution in [3.8, 4) is 0 Å². The van der Waals surface area contributed by atoms with E-state index in [1.165, 1.54) is 0 Å². The molecule has 1 aliphatic heterocycles. The molecule has 0 aromatic heterocycles. The van der Waals surface area contributed by atoms with E-state index in [2.05, 4.69) is 5.32 Å². The van der Waals surface area contributed by atoms with Crippen molar-refractivity contribution in [1.29, 1.82) is 0 Å². The maximum absolute atomic E-state index is 11.7. The smallest absolute Gasteiger partial charge is 0.317 e. The summed E-state index contributed by atoms with van der Waals surface area (Å²) < 4.78 is 5.37. The van der Waals surface area contributed by atoms with Gasteiger partial charge in [-0.3, -0.25) is 0 Å². The fourth-order valence-corrected chi connectivity index (χ4v) is 1.67. The normalized spacial score (nSPS) is 26.5. The molecule has 3 unspecified atom stereocenters. The Balaban J connectivity index is 2.28. The first-order valence-electron chi connectivity index (χ1n) is 5.82. The maximum atomic E-state index is 11.7. The summed E-state index contributed by atoms with van der Waals surface area (Å²) in [5.41, 5.74) is 0. The number of ether oxygens (including phenoxy) is 1. The Morgan fingerprint density at radius 3 is 2.88 bits per heavy atom. The zero-order valence-corrected chi connectivity index (χ0v) is 10.3. The van der Waals surface area contributed by atoms with Crippen molar-refractivity contribution in [2.24, 2.45) is 0 Å². The highest BCUT2D eigenvalue weighted by molar-refractivity contribution is 5.74. The predicted molar refractivity (Wildman–Crippen MR) is 61.3 cm³/mol. The molecule has 1 fully saturated rings. The summed E-state index contributed by atoms with van der Waals surface area (Å²) in [5.74, 6) is 0. The van der Waals surface area contributed by atoms with Crippen LogP contribution in [0.4, 0.5) is 4.79 Å². The molecule has 2 amide bonds. The molecule has 1 saturated heterocycles. The molecule has 94 valence electrons. The number of hydrogen-bond donors (Lipinski definition) is 2. The number of carbonyl (C=O) groups is 1. The maximum Gasteiger partial charge on any atom is 0.317 e. The van der Waals surface area contributed by atoms with Crippen molar-refractivity contribution >= 4 is 6.03 Å². The van der Waals surface area contributed by atoms with Gasteiger partial charge in [-0.05, 0) is 26.7 Å². The van der Waals surface area contributed by atoms with Crippen LogP contribution in [0.25, 0.3) is 0 Å². The molecule has 0 radical (unpaired) electrons. The van der Waals surface area contributed by atoms with E-state index in [-0.39, 0.29) is 24.3 Å². The van der Waals surface area contributed by atoms with Crippen LogP contribution in [0.2, 0.25) is 0 Å². The third kappa shape index (κ3) is 3.98. The molecule has 1 heterocycles. The Labute approximate surface area is 96.8 Å². The summed E-state index contributed by atoms with van der Waals surface area (Å²) >= 11 is 0. The van der Waals surface area contributed by atoms with Crippen LogP contribution >= 0.6 is 0 Å². The SMILES string of the molecule is CC(O)CCN(C)C(=O)NC1CCOC1C. The van der Waals surface area contributed by atoms with Crippen LogP contribution in [-0.4, -0.2) is 54.5 Å². The molecule has 0 spiro atoms. The molecule has 1 aliphatic rings. The largest absolute Gasteiger partial charge is 0.393 e. The topological polar surface area (TPSA) is 61.8 Å². The highest BCUT2D eigenvalue weighted by Gasteiger charge is 2.26. The van der Waals surface area contributed by atoms with E-state index in [1.54, 1.807) is 18.9 Å². The number of rotatable bonds is 4. The van der Waals surface area contributed by atoms with Crippen molar-refractivity contribution in [3.63, 3.8) is 0 Å². The van der Waals surface area contributed by atoms with E-state index in [0.29, 0.717) is 19.6 Å². The van der Waals surface area contributed by atoms with Gasteiger partial charge in [0.15, 0.2) is 0 Å². The van der Waals surface area contributed by atoms with Crippen LogP contribution < -0.4 is 5.32 Å². The summed E-state index contributed by atoms with van der Waals surface area (Å²) in [7, 11) is 1.73. The molecule has 0 aromatic rings. The van der Waals surface area contributed by atoms with Crippen LogP contribution in [0.1, 0.15) is 26.7 Å². The molecule has 2 N–H and O–H groups in total. The first-order chi connectivity index (χ1) is 7.50. The lowest BCUT2D eigenvalue weighted by molar-refractivity contribution is 0.112. The third-order valence-corrected chi connectivity index (χ3v) is 2.91. The Morgan fingerprint density at radius 2 is 2.38 bits per heavy atom. The van der Waals surface area contributed by atoms with Crippen molar-refractivity contribution < 1.29 is 14.6 Å². The van der Waals surface area contributed by atoms with Gasteiger partial charge in [-0.25, -0.2) is 4.79 Å².